The van der Waals surface area contributed by atoms with Crippen molar-refractivity contribution in [1.82, 2.24) is 4.31 Å². The van der Waals surface area contributed by atoms with Gasteiger partial charge >= 0.3 is 12.1 Å². The Morgan fingerprint density at radius 2 is 1.70 bits per heavy atom. The Hall–Kier alpha value is -2.46. The van der Waals surface area contributed by atoms with Crippen molar-refractivity contribution in [2.45, 2.75) is 19.3 Å². The maximum atomic E-state index is 14.1. The molecule has 27 heavy (non-hydrogen) atoms. The molecule has 0 N–H and O–H groups in total. The van der Waals surface area contributed by atoms with Crippen LogP contribution >= 0.6 is 0 Å². The first-order chi connectivity index (χ1) is 12.6. The normalized spacial score (nSPS) is 11.8. The van der Waals surface area contributed by atoms with E-state index in [0.29, 0.717) is 5.56 Å². The molecular weight excluding hydrogens is 390 g/mol. The second-order valence-corrected chi connectivity index (χ2v) is 6.59. The van der Waals surface area contributed by atoms with E-state index in [1.165, 1.54) is 12.1 Å². The van der Waals surface area contributed by atoms with E-state index in [1.807, 2.05) is 0 Å². The monoisotopic (exact) mass is 405 g/mol. The molecule has 0 amide bonds. The van der Waals surface area contributed by atoms with Crippen LogP contribution in [-0.2, 0) is 34.9 Å². The number of carbonyl (C=O) groups is 1. The minimum atomic E-state index is -4.49. The first-order valence-corrected chi connectivity index (χ1v) is 8.67. The topological polar surface area (TPSA) is 63.7 Å². The molecule has 0 spiro atoms. The first kappa shape index (κ1) is 20.8. The third kappa shape index (κ3) is 5.51. The van der Waals surface area contributed by atoms with Gasteiger partial charge in [-0.25, -0.2) is 17.6 Å². The molecule has 0 unspecified atom stereocenters. The molecule has 0 radical (unpaired) electrons. The number of ether oxygens (including phenoxy) is 1. The van der Waals surface area contributed by atoms with Crippen molar-refractivity contribution in [1.29, 1.82) is 0 Å². The van der Waals surface area contributed by atoms with E-state index < -0.39 is 34.4 Å². The van der Waals surface area contributed by atoms with Crippen LogP contribution in [0.5, 0.6) is 0 Å². The van der Waals surface area contributed by atoms with Gasteiger partial charge in [0.15, 0.2) is 0 Å². The van der Waals surface area contributed by atoms with E-state index in [9.17, 15) is 30.8 Å². The second kappa shape index (κ2) is 8.49. The van der Waals surface area contributed by atoms with E-state index in [2.05, 4.69) is 4.74 Å². The van der Waals surface area contributed by atoms with Gasteiger partial charge in [-0.1, -0.05) is 18.2 Å². The Balaban J connectivity index is 2.18. The van der Waals surface area contributed by atoms with Gasteiger partial charge in [0.2, 0.25) is 10.9 Å². The largest absolute Gasteiger partial charge is 0.465 e. The first-order valence-electron chi connectivity index (χ1n) is 7.54. The van der Waals surface area contributed by atoms with Crippen molar-refractivity contribution in [3.63, 3.8) is 0 Å². The zero-order valence-electron chi connectivity index (χ0n) is 14.0. The van der Waals surface area contributed by atoms with Gasteiger partial charge in [-0.3, -0.25) is 0 Å². The van der Waals surface area contributed by atoms with E-state index in [-0.39, 0.29) is 24.2 Å². The Morgan fingerprint density at radius 1 is 1.07 bits per heavy atom. The van der Waals surface area contributed by atoms with Crippen LogP contribution in [0.2, 0.25) is 0 Å². The van der Waals surface area contributed by atoms with Crippen LogP contribution < -0.4 is 0 Å². The second-order valence-electron chi connectivity index (χ2n) is 5.55. The van der Waals surface area contributed by atoms with Crippen molar-refractivity contribution in [2.24, 2.45) is 0 Å². The minimum absolute atomic E-state index is 0.00812. The molecule has 0 atom stereocenters. The molecule has 10 heteroatoms. The maximum Gasteiger partial charge on any atom is 0.416 e. The average Bonchev–Trinajstić information content (AvgIpc) is 2.61. The summed E-state index contributed by atoms with van der Waals surface area (Å²) in [7, 11) is -1.98. The Morgan fingerprint density at radius 3 is 2.19 bits per heavy atom. The van der Waals surface area contributed by atoms with Crippen LogP contribution in [-0.4, -0.2) is 25.8 Å². The fraction of sp³-hybridized carbons (Fsp3) is 0.235. The molecule has 2 rings (SSSR count). The molecule has 0 aromatic heterocycles. The lowest BCUT2D eigenvalue weighted by Crippen LogP contribution is -2.22. The maximum absolute atomic E-state index is 14.1. The summed E-state index contributed by atoms with van der Waals surface area (Å²) in [4.78, 5) is 11.4. The van der Waals surface area contributed by atoms with Crippen molar-refractivity contribution in [3.8, 4) is 0 Å². The average molecular weight is 405 g/mol. The fourth-order valence-corrected chi connectivity index (χ4v) is 2.84. The lowest BCUT2D eigenvalue weighted by molar-refractivity contribution is -0.137. The summed E-state index contributed by atoms with van der Waals surface area (Å²) < 4.78 is 80.1. The third-order valence-electron chi connectivity index (χ3n) is 3.70. The molecular formula is C17H15F4NO4S. The molecule has 5 nitrogen and oxygen atoms in total. The highest BCUT2D eigenvalue weighted by Crippen LogP contribution is 2.29. The number of nitrogens with zero attached hydrogens (tertiary/aromatic N) is 1. The van der Waals surface area contributed by atoms with Crippen molar-refractivity contribution in [2.75, 3.05) is 7.11 Å². The number of hydrogen-bond acceptors (Lipinski definition) is 4. The van der Waals surface area contributed by atoms with E-state index in [4.69, 9.17) is 0 Å². The van der Waals surface area contributed by atoms with E-state index >= 15 is 0 Å². The molecule has 0 bridgehead atoms. The Bertz CT molecular complexity index is 887. The van der Waals surface area contributed by atoms with Crippen LogP contribution in [0.15, 0.2) is 42.5 Å². The molecule has 0 saturated heterocycles. The highest BCUT2D eigenvalue weighted by Gasteiger charge is 2.30. The van der Waals surface area contributed by atoms with Crippen LogP contribution in [0.25, 0.3) is 0 Å². The van der Waals surface area contributed by atoms with Crippen LogP contribution in [0.3, 0.4) is 0 Å². The number of carbonyl (C=O) groups excluding carboxylic acids is 1. The fourth-order valence-electron chi connectivity index (χ4n) is 2.30. The standard InChI is InChI=1S/C17H15F4NO4S/c1-26-16(23)12-4-5-13(15(18)8-12)10-22(27(24)25)9-11-2-6-14(7-3-11)17(19,20)21/h2-8,27H,9-10H2,1H3. The SMILES string of the molecule is COC(=O)c1ccc(CN(Cc2ccc(C(F)(F)F)cc2)[SH](=O)=O)c(F)c1. The molecule has 146 valence electrons. The molecule has 0 heterocycles. The number of esters is 1. The Kier molecular flexibility index (Phi) is 6.55. The summed E-state index contributed by atoms with van der Waals surface area (Å²) in [6, 6.07) is 7.47. The Labute approximate surface area is 154 Å². The lowest BCUT2D eigenvalue weighted by atomic mass is 10.1. The predicted molar refractivity (Wildman–Crippen MR) is 88.7 cm³/mol. The summed E-state index contributed by atoms with van der Waals surface area (Å²) in [6.45, 7) is -0.567. The van der Waals surface area contributed by atoms with E-state index in [0.717, 1.165) is 41.7 Å². The predicted octanol–water partition coefficient (Wildman–Crippen LogP) is 3.16. The summed E-state index contributed by atoms with van der Waals surface area (Å²) in [5.41, 5.74) is -0.559. The van der Waals surface area contributed by atoms with Crippen molar-refractivity contribution < 1.29 is 35.5 Å². The summed E-state index contributed by atoms with van der Waals surface area (Å²) in [6.07, 6.45) is -4.49. The zero-order chi connectivity index (χ0) is 20.2. The summed E-state index contributed by atoms with van der Waals surface area (Å²) in [5.74, 6) is -1.54. The number of thiol groups is 1. The molecule has 0 aliphatic rings. The van der Waals surface area contributed by atoms with Crippen molar-refractivity contribution >= 4 is 16.9 Å². The quantitative estimate of drug-likeness (QED) is 0.456. The van der Waals surface area contributed by atoms with Crippen LogP contribution in [0.4, 0.5) is 17.6 Å². The van der Waals surface area contributed by atoms with Crippen molar-refractivity contribution in [3.05, 3.63) is 70.5 Å². The number of alkyl halides is 3. The number of benzene rings is 2. The molecule has 0 aliphatic heterocycles. The van der Waals surface area contributed by atoms with Crippen LogP contribution in [0.1, 0.15) is 27.0 Å². The number of halogens is 4. The zero-order valence-corrected chi connectivity index (χ0v) is 14.9. The molecule has 0 aliphatic carbocycles. The smallest absolute Gasteiger partial charge is 0.416 e. The highest BCUT2D eigenvalue weighted by atomic mass is 32.2. The van der Waals surface area contributed by atoms with Gasteiger partial charge in [0.25, 0.3) is 0 Å². The number of hydrogen-bond donors (Lipinski definition) is 1. The molecule has 2 aromatic carbocycles. The van der Waals surface area contributed by atoms with Gasteiger partial charge in [-0.05, 0) is 29.8 Å². The summed E-state index contributed by atoms with van der Waals surface area (Å²) >= 11 is 0. The van der Waals surface area contributed by atoms with Crippen LogP contribution in [0, 0.1) is 5.82 Å². The van der Waals surface area contributed by atoms with E-state index in [1.54, 1.807) is 0 Å². The summed E-state index contributed by atoms with van der Waals surface area (Å²) in [5, 5.41) is 0. The molecule has 0 saturated carbocycles. The third-order valence-corrected chi connectivity index (χ3v) is 4.45. The van der Waals surface area contributed by atoms with Gasteiger partial charge < -0.3 is 4.74 Å². The highest BCUT2D eigenvalue weighted by molar-refractivity contribution is 7.69. The van der Waals surface area contributed by atoms with Gasteiger partial charge in [0.1, 0.15) is 5.82 Å². The molecule has 0 fully saturated rings. The van der Waals surface area contributed by atoms with Gasteiger partial charge in [0, 0.05) is 18.7 Å². The molecule has 2 aromatic rings. The minimum Gasteiger partial charge on any atom is -0.465 e. The number of rotatable bonds is 6. The van der Waals surface area contributed by atoms with Gasteiger partial charge in [-0.15, -0.1) is 0 Å². The van der Waals surface area contributed by atoms with Gasteiger partial charge in [0.05, 0.1) is 18.2 Å². The van der Waals surface area contributed by atoms with Gasteiger partial charge in [-0.2, -0.15) is 17.5 Å². The number of methoxy groups -OCH3 is 1. The lowest BCUT2D eigenvalue weighted by Gasteiger charge is -2.17.